The second-order valence-electron chi connectivity index (χ2n) is 7.63. The van der Waals surface area contributed by atoms with Gasteiger partial charge in [0.25, 0.3) is 8.32 Å². The number of rotatable bonds is 3. The molecular formula is C20H23ClO2Si. The molecular weight excluding hydrogens is 336 g/mol. The monoisotopic (exact) mass is 358 g/mol. The molecule has 3 aromatic rings. The first-order chi connectivity index (χ1) is 11.2. The molecule has 0 aliphatic heterocycles. The van der Waals surface area contributed by atoms with Crippen LogP contribution in [0.15, 0.2) is 52.9 Å². The van der Waals surface area contributed by atoms with Crippen molar-refractivity contribution in [3.8, 4) is 17.1 Å². The molecule has 4 heteroatoms. The van der Waals surface area contributed by atoms with E-state index in [4.69, 9.17) is 20.4 Å². The molecule has 0 amide bonds. The van der Waals surface area contributed by atoms with Gasteiger partial charge in [-0.15, -0.1) is 0 Å². The quantitative estimate of drug-likeness (QED) is 0.464. The molecule has 0 unspecified atom stereocenters. The molecule has 24 heavy (non-hydrogen) atoms. The predicted octanol–water partition coefficient (Wildman–Crippen LogP) is 7.14. The molecule has 0 spiro atoms. The Bertz CT molecular complexity index is 857. The second kappa shape index (κ2) is 5.98. The number of furan rings is 1. The third kappa shape index (κ3) is 3.11. The Labute approximate surface area is 149 Å². The average Bonchev–Trinajstić information content (AvgIpc) is 2.85. The standard InChI is InChI=1S/C20H23ClO2Si/c1-20(2,3)24(4,5)23-19-16-8-6-7-9-17(16)22-18(19)14-10-12-15(21)13-11-14/h6-13H,1-5H3. The van der Waals surface area contributed by atoms with Crippen molar-refractivity contribution < 1.29 is 8.84 Å². The van der Waals surface area contributed by atoms with E-state index in [0.29, 0.717) is 5.02 Å². The predicted molar refractivity (Wildman–Crippen MR) is 104 cm³/mol. The largest absolute Gasteiger partial charge is 0.540 e. The average molecular weight is 359 g/mol. The Balaban J connectivity index is 2.18. The van der Waals surface area contributed by atoms with Crippen LogP contribution in [-0.2, 0) is 0 Å². The SMILES string of the molecule is CC(C)(C)[Si](C)(C)Oc1c(-c2ccc(Cl)cc2)oc2ccccc12. The molecule has 0 aliphatic rings. The highest BCUT2D eigenvalue weighted by Crippen LogP contribution is 2.45. The van der Waals surface area contributed by atoms with Crippen LogP contribution in [-0.4, -0.2) is 8.32 Å². The Morgan fingerprint density at radius 2 is 1.58 bits per heavy atom. The number of para-hydroxylation sites is 1. The van der Waals surface area contributed by atoms with Crippen LogP contribution in [0.25, 0.3) is 22.3 Å². The lowest BCUT2D eigenvalue weighted by Gasteiger charge is -2.36. The number of benzene rings is 2. The Hall–Kier alpha value is -1.71. The van der Waals surface area contributed by atoms with Crippen molar-refractivity contribution in [2.45, 2.75) is 38.9 Å². The fraction of sp³-hybridized carbons (Fsp3) is 0.300. The molecule has 0 saturated heterocycles. The van der Waals surface area contributed by atoms with E-state index in [2.05, 4.69) is 39.9 Å². The smallest absolute Gasteiger partial charge is 0.250 e. The van der Waals surface area contributed by atoms with Crippen LogP contribution in [0.2, 0.25) is 23.2 Å². The molecule has 126 valence electrons. The van der Waals surface area contributed by atoms with Crippen molar-refractivity contribution in [1.29, 1.82) is 0 Å². The summed E-state index contributed by atoms with van der Waals surface area (Å²) in [7, 11) is -1.99. The highest BCUT2D eigenvalue weighted by molar-refractivity contribution is 6.74. The molecule has 2 aromatic carbocycles. The minimum Gasteiger partial charge on any atom is -0.540 e. The van der Waals surface area contributed by atoms with Gasteiger partial charge in [-0.3, -0.25) is 0 Å². The van der Waals surface area contributed by atoms with E-state index in [1.54, 1.807) is 0 Å². The zero-order valence-electron chi connectivity index (χ0n) is 14.8. The molecule has 0 aliphatic carbocycles. The molecule has 1 heterocycles. The van der Waals surface area contributed by atoms with Crippen LogP contribution in [0.1, 0.15) is 20.8 Å². The molecule has 0 bridgehead atoms. The topological polar surface area (TPSA) is 22.4 Å². The maximum absolute atomic E-state index is 6.65. The molecule has 2 nitrogen and oxygen atoms in total. The van der Waals surface area contributed by atoms with Gasteiger partial charge in [0.15, 0.2) is 11.5 Å². The summed E-state index contributed by atoms with van der Waals surface area (Å²) in [5.41, 5.74) is 1.82. The van der Waals surface area contributed by atoms with Crippen molar-refractivity contribution in [2.75, 3.05) is 0 Å². The first-order valence-corrected chi connectivity index (χ1v) is 11.4. The fourth-order valence-corrected chi connectivity index (χ4v) is 3.47. The minimum atomic E-state index is -1.99. The van der Waals surface area contributed by atoms with E-state index in [1.807, 2.05) is 42.5 Å². The van der Waals surface area contributed by atoms with Crippen LogP contribution in [0.4, 0.5) is 0 Å². The summed E-state index contributed by atoms with van der Waals surface area (Å²) in [6.45, 7) is 11.2. The lowest BCUT2D eigenvalue weighted by Crippen LogP contribution is -2.43. The number of fused-ring (bicyclic) bond motifs is 1. The molecule has 0 atom stereocenters. The lowest BCUT2D eigenvalue weighted by molar-refractivity contribution is 0.487. The van der Waals surface area contributed by atoms with E-state index < -0.39 is 8.32 Å². The Morgan fingerprint density at radius 1 is 0.958 bits per heavy atom. The van der Waals surface area contributed by atoms with Crippen LogP contribution in [0.5, 0.6) is 5.75 Å². The molecule has 0 saturated carbocycles. The summed E-state index contributed by atoms with van der Waals surface area (Å²) < 4.78 is 12.8. The van der Waals surface area contributed by atoms with Crippen LogP contribution in [0.3, 0.4) is 0 Å². The van der Waals surface area contributed by atoms with Gasteiger partial charge in [0.05, 0.1) is 5.39 Å². The summed E-state index contributed by atoms with van der Waals surface area (Å²) in [5, 5.41) is 1.84. The van der Waals surface area contributed by atoms with Crippen LogP contribution < -0.4 is 4.43 Å². The molecule has 3 rings (SSSR count). The van der Waals surface area contributed by atoms with Crippen molar-refractivity contribution in [3.63, 3.8) is 0 Å². The second-order valence-corrected chi connectivity index (χ2v) is 12.8. The zero-order valence-corrected chi connectivity index (χ0v) is 16.6. The molecule has 1 aromatic heterocycles. The third-order valence-electron chi connectivity index (χ3n) is 4.82. The summed E-state index contributed by atoms with van der Waals surface area (Å²) in [4.78, 5) is 0. The fourth-order valence-electron chi connectivity index (χ4n) is 2.32. The van der Waals surface area contributed by atoms with Crippen LogP contribution in [0, 0.1) is 0 Å². The summed E-state index contributed by atoms with van der Waals surface area (Å²) in [6, 6.07) is 15.7. The number of hydrogen-bond donors (Lipinski definition) is 0. The van der Waals surface area contributed by atoms with Gasteiger partial charge in [-0.25, -0.2) is 0 Å². The van der Waals surface area contributed by atoms with Gasteiger partial charge in [-0.1, -0.05) is 44.5 Å². The normalized spacial score (nSPS) is 12.6. The van der Waals surface area contributed by atoms with Gasteiger partial charge < -0.3 is 8.84 Å². The maximum Gasteiger partial charge on any atom is 0.250 e. The summed E-state index contributed by atoms with van der Waals surface area (Å²) in [5.74, 6) is 1.62. The van der Waals surface area contributed by atoms with E-state index in [9.17, 15) is 0 Å². The minimum absolute atomic E-state index is 0.114. The van der Waals surface area contributed by atoms with Gasteiger partial charge in [0.2, 0.25) is 0 Å². The first kappa shape index (κ1) is 17.1. The van der Waals surface area contributed by atoms with E-state index >= 15 is 0 Å². The van der Waals surface area contributed by atoms with Crippen molar-refractivity contribution in [3.05, 3.63) is 53.6 Å². The van der Waals surface area contributed by atoms with Crippen molar-refractivity contribution >= 4 is 30.9 Å². The number of halogens is 1. The van der Waals surface area contributed by atoms with E-state index in [0.717, 1.165) is 28.0 Å². The van der Waals surface area contributed by atoms with Crippen molar-refractivity contribution in [2.24, 2.45) is 0 Å². The zero-order chi connectivity index (χ0) is 17.5. The Kier molecular flexibility index (Phi) is 4.26. The van der Waals surface area contributed by atoms with E-state index in [1.165, 1.54) is 0 Å². The molecule has 0 radical (unpaired) electrons. The highest BCUT2D eigenvalue weighted by Gasteiger charge is 2.40. The first-order valence-electron chi connectivity index (χ1n) is 8.15. The van der Waals surface area contributed by atoms with Gasteiger partial charge in [0.1, 0.15) is 5.58 Å². The van der Waals surface area contributed by atoms with E-state index in [-0.39, 0.29) is 5.04 Å². The summed E-state index contributed by atoms with van der Waals surface area (Å²) in [6.07, 6.45) is 0. The molecule has 0 fully saturated rings. The maximum atomic E-state index is 6.65. The van der Waals surface area contributed by atoms with Gasteiger partial charge >= 0.3 is 0 Å². The Morgan fingerprint density at radius 3 is 2.21 bits per heavy atom. The summed E-state index contributed by atoms with van der Waals surface area (Å²) >= 11 is 6.03. The lowest BCUT2D eigenvalue weighted by atomic mass is 10.1. The van der Waals surface area contributed by atoms with Gasteiger partial charge in [-0.05, 0) is 54.5 Å². The van der Waals surface area contributed by atoms with Crippen LogP contribution >= 0.6 is 11.6 Å². The number of hydrogen-bond acceptors (Lipinski definition) is 2. The van der Waals surface area contributed by atoms with Crippen molar-refractivity contribution in [1.82, 2.24) is 0 Å². The highest BCUT2D eigenvalue weighted by atomic mass is 35.5. The third-order valence-corrected chi connectivity index (χ3v) is 9.40. The van der Waals surface area contributed by atoms with Gasteiger partial charge in [0, 0.05) is 10.6 Å². The molecule has 0 N–H and O–H groups in total. The van der Waals surface area contributed by atoms with Gasteiger partial charge in [-0.2, -0.15) is 0 Å².